The van der Waals surface area contributed by atoms with Gasteiger partial charge in [-0.2, -0.15) is 0 Å². The van der Waals surface area contributed by atoms with Gasteiger partial charge in [0.1, 0.15) is 11.9 Å². The quantitative estimate of drug-likeness (QED) is 0.650. The lowest BCUT2D eigenvalue weighted by atomic mass is 10.1. The predicted molar refractivity (Wildman–Crippen MR) is 86.2 cm³/mol. The predicted octanol–water partition coefficient (Wildman–Crippen LogP) is 0.643. The van der Waals surface area contributed by atoms with E-state index < -0.39 is 29.6 Å². The maximum atomic E-state index is 13.1. The number of nitrogens with two attached hydrogens (primary N) is 1. The van der Waals surface area contributed by atoms with Crippen molar-refractivity contribution in [2.45, 2.75) is 44.7 Å². The molecule has 0 aliphatic heterocycles. The third kappa shape index (κ3) is 5.33. The summed E-state index contributed by atoms with van der Waals surface area (Å²) in [6.45, 7) is 2.04. The zero-order chi connectivity index (χ0) is 17.7. The van der Waals surface area contributed by atoms with Crippen molar-refractivity contribution in [3.63, 3.8) is 0 Å². The van der Waals surface area contributed by atoms with Gasteiger partial charge in [0.2, 0.25) is 17.7 Å². The van der Waals surface area contributed by atoms with Crippen LogP contribution >= 0.6 is 0 Å². The fourth-order valence-electron chi connectivity index (χ4n) is 2.65. The molecule has 1 unspecified atom stereocenters. The molecule has 130 valence electrons. The second kappa shape index (κ2) is 7.90. The van der Waals surface area contributed by atoms with Gasteiger partial charge in [-0.3, -0.25) is 14.4 Å². The topological polar surface area (TPSA) is 101 Å². The summed E-state index contributed by atoms with van der Waals surface area (Å²) in [7, 11) is 0. The van der Waals surface area contributed by atoms with Gasteiger partial charge in [0, 0.05) is 6.04 Å². The molecule has 1 fully saturated rings. The monoisotopic (exact) mass is 335 g/mol. The van der Waals surface area contributed by atoms with Crippen LogP contribution in [-0.4, -0.2) is 29.8 Å². The van der Waals surface area contributed by atoms with Crippen molar-refractivity contribution in [3.05, 3.63) is 35.6 Å². The van der Waals surface area contributed by atoms with Crippen molar-refractivity contribution in [1.29, 1.82) is 0 Å². The van der Waals surface area contributed by atoms with E-state index in [1.165, 1.54) is 18.2 Å². The van der Waals surface area contributed by atoms with Crippen molar-refractivity contribution in [1.82, 2.24) is 10.6 Å². The number of rotatable bonds is 8. The molecule has 2 rings (SSSR count). The summed E-state index contributed by atoms with van der Waals surface area (Å²) in [6.07, 6.45) is 1.52. The SMILES string of the molecule is CC[C@@H]1C[C@H]1NC(=O)C(CC(N)=O)NC(=O)Cc1cccc(F)c1. The first-order chi connectivity index (χ1) is 11.4. The lowest BCUT2D eigenvalue weighted by molar-refractivity contribution is -0.131. The number of amides is 3. The lowest BCUT2D eigenvalue weighted by Gasteiger charge is -2.17. The Morgan fingerprint density at radius 2 is 2.12 bits per heavy atom. The van der Waals surface area contributed by atoms with Crippen LogP contribution in [0.4, 0.5) is 4.39 Å². The number of primary amides is 1. The third-order valence-electron chi connectivity index (χ3n) is 4.09. The van der Waals surface area contributed by atoms with Crippen LogP contribution in [0.1, 0.15) is 31.7 Å². The molecule has 0 radical (unpaired) electrons. The van der Waals surface area contributed by atoms with E-state index in [0.717, 1.165) is 12.8 Å². The van der Waals surface area contributed by atoms with Crippen LogP contribution in [0.2, 0.25) is 0 Å². The molecule has 0 spiro atoms. The second-order valence-corrected chi connectivity index (χ2v) is 6.12. The number of nitrogens with one attached hydrogen (secondary N) is 2. The van der Waals surface area contributed by atoms with Crippen LogP contribution in [0, 0.1) is 11.7 Å². The molecule has 0 heterocycles. The Kier molecular flexibility index (Phi) is 5.89. The van der Waals surface area contributed by atoms with E-state index in [-0.39, 0.29) is 18.9 Å². The molecule has 24 heavy (non-hydrogen) atoms. The smallest absolute Gasteiger partial charge is 0.243 e. The summed E-state index contributed by atoms with van der Waals surface area (Å²) >= 11 is 0. The van der Waals surface area contributed by atoms with Crippen molar-refractivity contribution in [3.8, 4) is 0 Å². The first-order valence-electron chi connectivity index (χ1n) is 8.01. The lowest BCUT2D eigenvalue weighted by Crippen LogP contribution is -2.49. The molecule has 1 aliphatic carbocycles. The normalized spacial score (nSPS) is 20.1. The maximum Gasteiger partial charge on any atom is 0.243 e. The van der Waals surface area contributed by atoms with E-state index in [9.17, 15) is 18.8 Å². The third-order valence-corrected chi connectivity index (χ3v) is 4.09. The molecule has 0 bridgehead atoms. The molecule has 1 aromatic rings. The molecule has 3 atom stereocenters. The van der Waals surface area contributed by atoms with Gasteiger partial charge in [-0.05, 0) is 30.0 Å². The average Bonchev–Trinajstić information content (AvgIpc) is 3.24. The summed E-state index contributed by atoms with van der Waals surface area (Å²) in [6, 6.07) is 4.73. The Morgan fingerprint density at radius 1 is 1.38 bits per heavy atom. The fourth-order valence-corrected chi connectivity index (χ4v) is 2.65. The van der Waals surface area contributed by atoms with Crippen molar-refractivity contribution < 1.29 is 18.8 Å². The highest BCUT2D eigenvalue weighted by atomic mass is 19.1. The van der Waals surface area contributed by atoms with E-state index in [1.54, 1.807) is 6.07 Å². The highest BCUT2D eigenvalue weighted by Gasteiger charge is 2.38. The number of halogens is 1. The van der Waals surface area contributed by atoms with Crippen LogP contribution in [-0.2, 0) is 20.8 Å². The summed E-state index contributed by atoms with van der Waals surface area (Å²) in [5.74, 6) is -1.55. The number of hydrogen-bond acceptors (Lipinski definition) is 3. The molecule has 1 saturated carbocycles. The number of carbonyl (C=O) groups excluding carboxylic acids is 3. The van der Waals surface area contributed by atoms with E-state index in [4.69, 9.17) is 5.73 Å². The highest BCUT2D eigenvalue weighted by Crippen LogP contribution is 2.33. The summed E-state index contributed by atoms with van der Waals surface area (Å²) in [5, 5.41) is 5.33. The fraction of sp³-hybridized carbons (Fsp3) is 0.471. The standard InChI is InChI=1S/C17H22FN3O3/c1-2-11-8-13(11)21-17(24)14(9-15(19)22)20-16(23)7-10-4-3-5-12(18)6-10/h3-6,11,13-14H,2,7-9H2,1H3,(H2,19,22)(H,20,23)(H,21,24)/t11-,13-,14?/m1/s1. The van der Waals surface area contributed by atoms with Crippen LogP contribution in [0.3, 0.4) is 0 Å². The second-order valence-electron chi connectivity index (χ2n) is 6.12. The zero-order valence-electron chi connectivity index (χ0n) is 13.5. The minimum Gasteiger partial charge on any atom is -0.370 e. The Hall–Kier alpha value is -2.44. The van der Waals surface area contributed by atoms with Crippen LogP contribution in [0.5, 0.6) is 0 Å². The van der Waals surface area contributed by atoms with Crippen LogP contribution < -0.4 is 16.4 Å². The molecule has 0 aromatic heterocycles. The Balaban J connectivity index is 1.93. The summed E-state index contributed by atoms with van der Waals surface area (Å²) in [4.78, 5) is 35.5. The van der Waals surface area contributed by atoms with Crippen LogP contribution in [0.15, 0.2) is 24.3 Å². The highest BCUT2D eigenvalue weighted by molar-refractivity contribution is 5.92. The van der Waals surface area contributed by atoms with Gasteiger partial charge in [0.05, 0.1) is 12.8 Å². The van der Waals surface area contributed by atoms with Gasteiger partial charge in [-0.25, -0.2) is 4.39 Å². The van der Waals surface area contributed by atoms with E-state index in [1.807, 2.05) is 6.92 Å². The zero-order valence-corrected chi connectivity index (χ0v) is 13.5. The minimum absolute atomic E-state index is 0.0820. The molecule has 6 nitrogen and oxygen atoms in total. The van der Waals surface area contributed by atoms with Gasteiger partial charge >= 0.3 is 0 Å². The molecule has 1 aliphatic rings. The van der Waals surface area contributed by atoms with E-state index in [0.29, 0.717) is 11.5 Å². The van der Waals surface area contributed by atoms with Crippen molar-refractivity contribution >= 4 is 17.7 Å². The van der Waals surface area contributed by atoms with Crippen molar-refractivity contribution in [2.24, 2.45) is 11.7 Å². The number of carbonyl (C=O) groups is 3. The van der Waals surface area contributed by atoms with Gasteiger partial charge in [0.25, 0.3) is 0 Å². The molecule has 0 saturated heterocycles. The van der Waals surface area contributed by atoms with Crippen molar-refractivity contribution in [2.75, 3.05) is 0 Å². The Bertz CT molecular complexity index is 635. The first kappa shape index (κ1) is 17.9. The van der Waals surface area contributed by atoms with E-state index >= 15 is 0 Å². The van der Waals surface area contributed by atoms with E-state index in [2.05, 4.69) is 10.6 Å². The van der Waals surface area contributed by atoms with Gasteiger partial charge in [-0.1, -0.05) is 25.5 Å². The first-order valence-corrected chi connectivity index (χ1v) is 8.01. The molecule has 3 amide bonds. The minimum atomic E-state index is -1.01. The molecule has 1 aromatic carbocycles. The van der Waals surface area contributed by atoms with Crippen LogP contribution in [0.25, 0.3) is 0 Å². The average molecular weight is 335 g/mol. The molecular formula is C17H22FN3O3. The largest absolute Gasteiger partial charge is 0.370 e. The van der Waals surface area contributed by atoms with Gasteiger partial charge in [-0.15, -0.1) is 0 Å². The number of hydrogen-bond donors (Lipinski definition) is 3. The van der Waals surface area contributed by atoms with Gasteiger partial charge < -0.3 is 16.4 Å². The number of benzene rings is 1. The molecule has 7 heteroatoms. The summed E-state index contributed by atoms with van der Waals surface area (Å²) in [5.41, 5.74) is 5.64. The molecule has 4 N–H and O–H groups in total. The molecular weight excluding hydrogens is 313 g/mol. The summed E-state index contributed by atoms with van der Waals surface area (Å²) < 4.78 is 13.1. The maximum absolute atomic E-state index is 13.1. The Labute approximate surface area is 140 Å². The Morgan fingerprint density at radius 3 is 2.71 bits per heavy atom. The van der Waals surface area contributed by atoms with Gasteiger partial charge in [0.15, 0.2) is 0 Å².